The molecule has 25 heavy (non-hydrogen) atoms. The second-order valence-electron chi connectivity index (χ2n) is 6.94. The van der Waals surface area contributed by atoms with Gasteiger partial charge in [0.05, 0.1) is 17.4 Å². The predicted octanol–water partition coefficient (Wildman–Crippen LogP) is 3.13. The summed E-state index contributed by atoms with van der Waals surface area (Å²) in [6.45, 7) is 4.83. The molecule has 1 amide bonds. The van der Waals surface area contributed by atoms with E-state index in [4.69, 9.17) is 10.5 Å². The fourth-order valence-corrected chi connectivity index (χ4v) is 3.71. The summed E-state index contributed by atoms with van der Waals surface area (Å²) >= 11 is 0. The van der Waals surface area contributed by atoms with E-state index in [1.807, 2.05) is 56.3 Å². The van der Waals surface area contributed by atoms with Gasteiger partial charge in [0.2, 0.25) is 0 Å². The molecule has 2 aliphatic rings. The summed E-state index contributed by atoms with van der Waals surface area (Å²) in [4.78, 5) is 14.9. The number of rotatable bonds is 3. The number of hydrogen-bond donors (Lipinski definition) is 2. The molecule has 0 aliphatic carbocycles. The molecule has 0 aromatic heterocycles. The number of benzene rings is 2. The number of hydrogen-bond acceptors (Lipinski definition) is 4. The molecule has 0 saturated heterocycles. The molecule has 2 aromatic rings. The van der Waals surface area contributed by atoms with Crippen LogP contribution in [-0.4, -0.2) is 18.6 Å². The molecule has 5 nitrogen and oxygen atoms in total. The van der Waals surface area contributed by atoms with E-state index in [2.05, 4.69) is 10.2 Å². The molecule has 2 aromatic carbocycles. The van der Waals surface area contributed by atoms with E-state index in [0.29, 0.717) is 5.56 Å². The van der Waals surface area contributed by atoms with Crippen LogP contribution < -0.4 is 20.7 Å². The van der Waals surface area contributed by atoms with E-state index in [0.717, 1.165) is 35.5 Å². The van der Waals surface area contributed by atoms with Gasteiger partial charge in [-0.25, -0.2) is 0 Å². The first-order valence-corrected chi connectivity index (χ1v) is 8.77. The molecule has 5 heteroatoms. The van der Waals surface area contributed by atoms with Gasteiger partial charge in [0, 0.05) is 12.6 Å². The van der Waals surface area contributed by atoms with E-state index < -0.39 is 0 Å². The van der Waals surface area contributed by atoms with E-state index in [1.165, 1.54) is 0 Å². The maximum Gasteiger partial charge on any atom is 0.255 e. The highest BCUT2D eigenvalue weighted by molar-refractivity contribution is 6.03. The number of nitrogens with one attached hydrogen (secondary N) is 1. The van der Waals surface area contributed by atoms with Crippen molar-refractivity contribution >= 4 is 11.6 Å². The van der Waals surface area contributed by atoms with Gasteiger partial charge >= 0.3 is 0 Å². The van der Waals surface area contributed by atoms with Crippen LogP contribution in [0, 0.1) is 0 Å². The number of nitrogens with zero attached hydrogens (tertiary/aromatic N) is 1. The minimum Gasteiger partial charge on any atom is -0.491 e. The van der Waals surface area contributed by atoms with Crippen LogP contribution in [0.15, 0.2) is 42.5 Å². The molecule has 0 unspecified atom stereocenters. The van der Waals surface area contributed by atoms with Gasteiger partial charge in [0.15, 0.2) is 0 Å². The molecule has 0 radical (unpaired) electrons. The van der Waals surface area contributed by atoms with Crippen LogP contribution in [-0.2, 0) is 0 Å². The lowest BCUT2D eigenvalue weighted by Crippen LogP contribution is -2.49. The first-order valence-electron chi connectivity index (χ1n) is 8.77. The summed E-state index contributed by atoms with van der Waals surface area (Å²) in [5, 5.41) is 3.13. The molecule has 0 spiro atoms. The van der Waals surface area contributed by atoms with Gasteiger partial charge in [-0.1, -0.05) is 24.3 Å². The topological polar surface area (TPSA) is 67.6 Å². The Bertz CT molecular complexity index is 801. The molecule has 2 heterocycles. The number of carbonyl (C=O) groups excluding carboxylic acids is 1. The van der Waals surface area contributed by atoms with Gasteiger partial charge in [-0.3, -0.25) is 4.79 Å². The summed E-state index contributed by atoms with van der Waals surface area (Å²) in [6.07, 6.45) is 0.831. The standard InChI is InChI=1S/C20H23N3O2/c1-12(2)25-14-8-6-13(7-9-14)19-22-20(24)16-5-3-4-15-17(21)10-11-23(19)18(15)16/h3-9,12,17,19H,10-11,21H2,1-2H3,(H,22,24)/t17-,19-/m0/s1. The molecule has 0 fully saturated rings. The molecular formula is C20H23N3O2. The third-order valence-electron chi connectivity index (χ3n) is 4.83. The van der Waals surface area contributed by atoms with Gasteiger partial charge in [0.25, 0.3) is 5.91 Å². The van der Waals surface area contributed by atoms with Crippen LogP contribution in [0.5, 0.6) is 5.75 Å². The second kappa shape index (κ2) is 6.08. The van der Waals surface area contributed by atoms with Crippen LogP contribution in [0.1, 0.15) is 54.0 Å². The van der Waals surface area contributed by atoms with Crippen LogP contribution in [0.2, 0.25) is 0 Å². The van der Waals surface area contributed by atoms with Crippen LogP contribution >= 0.6 is 0 Å². The summed E-state index contributed by atoms with van der Waals surface area (Å²) in [5.41, 5.74) is 10.1. The molecular weight excluding hydrogens is 314 g/mol. The maximum atomic E-state index is 12.6. The van der Waals surface area contributed by atoms with Gasteiger partial charge in [-0.15, -0.1) is 0 Å². The average Bonchev–Trinajstić information content (AvgIpc) is 2.60. The monoisotopic (exact) mass is 337 g/mol. The first-order chi connectivity index (χ1) is 12.0. The average molecular weight is 337 g/mol. The highest BCUT2D eigenvalue weighted by Gasteiger charge is 2.37. The van der Waals surface area contributed by atoms with Crippen molar-refractivity contribution in [2.75, 3.05) is 11.4 Å². The Labute approximate surface area is 147 Å². The minimum atomic E-state index is -0.179. The zero-order valence-corrected chi connectivity index (χ0v) is 14.5. The lowest BCUT2D eigenvalue weighted by Gasteiger charge is -2.44. The van der Waals surface area contributed by atoms with Gasteiger partial charge < -0.3 is 20.7 Å². The Hall–Kier alpha value is -2.53. The SMILES string of the molecule is CC(C)Oc1ccc([C@H]2NC(=O)c3cccc4c3N2CC[C@@H]4N)cc1. The van der Waals surface area contributed by atoms with Crippen molar-refractivity contribution in [3.8, 4) is 5.75 Å². The van der Waals surface area contributed by atoms with Crippen molar-refractivity contribution < 1.29 is 9.53 Å². The Balaban J connectivity index is 1.71. The molecule has 3 N–H and O–H groups in total. The summed E-state index contributed by atoms with van der Waals surface area (Å²) in [6, 6.07) is 13.8. The zero-order chi connectivity index (χ0) is 17.6. The van der Waals surface area contributed by atoms with Crippen molar-refractivity contribution in [1.29, 1.82) is 0 Å². The van der Waals surface area contributed by atoms with Gasteiger partial charge in [-0.05, 0) is 49.6 Å². The van der Waals surface area contributed by atoms with E-state index in [-0.39, 0.29) is 24.2 Å². The number of carbonyl (C=O) groups is 1. The van der Waals surface area contributed by atoms with Crippen LogP contribution in [0.3, 0.4) is 0 Å². The third kappa shape index (κ3) is 2.74. The fraction of sp³-hybridized carbons (Fsp3) is 0.350. The highest BCUT2D eigenvalue weighted by Crippen LogP contribution is 2.42. The predicted molar refractivity (Wildman–Crippen MR) is 97.7 cm³/mol. The Kier molecular flexibility index (Phi) is 3.88. The number of nitrogens with two attached hydrogens (primary N) is 1. The quantitative estimate of drug-likeness (QED) is 0.903. The lowest BCUT2D eigenvalue weighted by molar-refractivity contribution is 0.0925. The smallest absolute Gasteiger partial charge is 0.255 e. The van der Waals surface area contributed by atoms with Crippen molar-refractivity contribution in [2.24, 2.45) is 5.73 Å². The Morgan fingerprint density at radius 1 is 1.20 bits per heavy atom. The zero-order valence-electron chi connectivity index (χ0n) is 14.5. The van der Waals surface area contributed by atoms with Crippen molar-refractivity contribution in [2.45, 2.75) is 38.6 Å². The van der Waals surface area contributed by atoms with Crippen LogP contribution in [0.25, 0.3) is 0 Å². The molecule has 4 rings (SSSR count). The number of amides is 1. The van der Waals surface area contributed by atoms with Gasteiger partial charge in [-0.2, -0.15) is 0 Å². The first kappa shape index (κ1) is 16.0. The van der Waals surface area contributed by atoms with Crippen molar-refractivity contribution in [3.63, 3.8) is 0 Å². The second-order valence-corrected chi connectivity index (χ2v) is 6.94. The largest absolute Gasteiger partial charge is 0.491 e. The summed E-state index contributed by atoms with van der Waals surface area (Å²) in [5.74, 6) is 0.789. The number of anilines is 1. The van der Waals surface area contributed by atoms with E-state index in [1.54, 1.807) is 0 Å². The van der Waals surface area contributed by atoms with Crippen molar-refractivity contribution in [3.05, 3.63) is 59.2 Å². The molecule has 130 valence electrons. The molecule has 0 bridgehead atoms. The number of para-hydroxylation sites is 1. The van der Waals surface area contributed by atoms with Crippen molar-refractivity contribution in [1.82, 2.24) is 5.32 Å². The maximum absolute atomic E-state index is 12.6. The fourth-order valence-electron chi connectivity index (χ4n) is 3.71. The number of ether oxygens (including phenoxy) is 1. The molecule has 2 atom stereocenters. The van der Waals surface area contributed by atoms with Gasteiger partial charge in [0.1, 0.15) is 11.9 Å². The summed E-state index contributed by atoms with van der Waals surface area (Å²) < 4.78 is 5.71. The Morgan fingerprint density at radius 2 is 1.96 bits per heavy atom. The normalized spacial score (nSPS) is 21.8. The molecule has 2 aliphatic heterocycles. The molecule has 0 saturated carbocycles. The Morgan fingerprint density at radius 3 is 2.68 bits per heavy atom. The van der Waals surface area contributed by atoms with Crippen LogP contribution in [0.4, 0.5) is 5.69 Å². The lowest BCUT2D eigenvalue weighted by atomic mass is 9.90. The minimum absolute atomic E-state index is 0.0143. The highest BCUT2D eigenvalue weighted by atomic mass is 16.5. The van der Waals surface area contributed by atoms with E-state index in [9.17, 15) is 4.79 Å². The third-order valence-corrected chi connectivity index (χ3v) is 4.83. The van der Waals surface area contributed by atoms with E-state index >= 15 is 0 Å². The summed E-state index contributed by atoms with van der Waals surface area (Å²) in [7, 11) is 0.